The van der Waals surface area contributed by atoms with Crippen LogP contribution >= 0.6 is 11.6 Å². The molecule has 0 radical (unpaired) electrons. The molecule has 1 aliphatic rings. The van der Waals surface area contributed by atoms with Crippen LogP contribution in [0.4, 0.5) is 0 Å². The highest BCUT2D eigenvalue weighted by Crippen LogP contribution is 2.17. The minimum absolute atomic E-state index is 0.251. The Balaban J connectivity index is 1.65. The van der Waals surface area contributed by atoms with Gasteiger partial charge in [0.1, 0.15) is 18.5 Å². The van der Waals surface area contributed by atoms with Crippen molar-refractivity contribution in [2.24, 2.45) is 0 Å². The fourth-order valence-electron chi connectivity index (χ4n) is 2.01. The molecule has 4 nitrogen and oxygen atoms in total. The van der Waals surface area contributed by atoms with Gasteiger partial charge in [0.05, 0.1) is 6.61 Å². The molecule has 1 aliphatic heterocycles. The summed E-state index contributed by atoms with van der Waals surface area (Å²) in [6, 6.07) is 7.50. The Morgan fingerprint density at radius 3 is 3.16 bits per heavy atom. The van der Waals surface area contributed by atoms with Crippen LogP contribution in [0, 0.1) is 0 Å². The summed E-state index contributed by atoms with van der Waals surface area (Å²) in [5.74, 6) is 0.674. The third kappa shape index (κ3) is 5.37. The predicted molar refractivity (Wildman–Crippen MR) is 74.8 cm³/mol. The number of benzene rings is 1. The highest BCUT2D eigenvalue weighted by molar-refractivity contribution is 6.30. The molecule has 5 heteroatoms. The van der Waals surface area contributed by atoms with Gasteiger partial charge in [-0.05, 0) is 31.0 Å². The molecule has 2 N–H and O–H groups in total. The van der Waals surface area contributed by atoms with Crippen LogP contribution in [-0.2, 0) is 4.74 Å². The van der Waals surface area contributed by atoms with Crippen LogP contribution < -0.4 is 10.1 Å². The van der Waals surface area contributed by atoms with Crippen molar-refractivity contribution in [1.82, 2.24) is 5.32 Å². The molecule has 0 saturated carbocycles. The number of halogens is 1. The van der Waals surface area contributed by atoms with E-state index in [-0.39, 0.29) is 6.61 Å². The smallest absolute Gasteiger partial charge is 0.120 e. The van der Waals surface area contributed by atoms with E-state index in [4.69, 9.17) is 21.1 Å². The molecule has 106 valence electrons. The SMILES string of the molecule is OC(CNC1CCCOC1)COc1cccc(Cl)c1. The molecule has 0 amide bonds. The Kier molecular flexibility index (Phi) is 5.92. The van der Waals surface area contributed by atoms with Crippen molar-refractivity contribution in [2.45, 2.75) is 25.0 Å². The number of aliphatic hydroxyl groups excluding tert-OH is 1. The number of hydrogen-bond donors (Lipinski definition) is 2. The average Bonchev–Trinajstić information content (AvgIpc) is 2.44. The van der Waals surface area contributed by atoms with Gasteiger partial charge in [-0.15, -0.1) is 0 Å². The fourth-order valence-corrected chi connectivity index (χ4v) is 2.19. The first kappa shape index (κ1) is 14.6. The molecule has 0 aromatic heterocycles. The van der Waals surface area contributed by atoms with Crippen LogP contribution in [0.25, 0.3) is 0 Å². The quantitative estimate of drug-likeness (QED) is 0.837. The van der Waals surface area contributed by atoms with Gasteiger partial charge in [-0.2, -0.15) is 0 Å². The van der Waals surface area contributed by atoms with Gasteiger partial charge in [-0.3, -0.25) is 0 Å². The lowest BCUT2D eigenvalue weighted by atomic mass is 10.1. The Morgan fingerprint density at radius 1 is 1.53 bits per heavy atom. The summed E-state index contributed by atoms with van der Waals surface area (Å²) in [4.78, 5) is 0. The van der Waals surface area contributed by atoms with Crippen molar-refractivity contribution in [3.8, 4) is 5.75 Å². The van der Waals surface area contributed by atoms with Crippen LogP contribution in [-0.4, -0.2) is 43.6 Å². The molecule has 2 unspecified atom stereocenters. The zero-order chi connectivity index (χ0) is 13.5. The van der Waals surface area contributed by atoms with Crippen molar-refractivity contribution in [2.75, 3.05) is 26.4 Å². The molecule has 1 heterocycles. The van der Waals surface area contributed by atoms with E-state index in [2.05, 4.69) is 5.32 Å². The zero-order valence-electron chi connectivity index (χ0n) is 10.8. The van der Waals surface area contributed by atoms with Crippen LogP contribution in [0.1, 0.15) is 12.8 Å². The first-order valence-corrected chi connectivity index (χ1v) is 6.99. The summed E-state index contributed by atoms with van der Waals surface area (Å²) in [5, 5.41) is 13.8. The summed E-state index contributed by atoms with van der Waals surface area (Å²) in [6.07, 6.45) is 1.63. The van der Waals surface area contributed by atoms with Crippen molar-refractivity contribution in [3.05, 3.63) is 29.3 Å². The van der Waals surface area contributed by atoms with Crippen LogP contribution in [0.2, 0.25) is 5.02 Å². The largest absolute Gasteiger partial charge is 0.491 e. The summed E-state index contributed by atoms with van der Waals surface area (Å²) in [6.45, 7) is 2.33. The molecule has 0 spiro atoms. The summed E-state index contributed by atoms with van der Waals surface area (Å²) in [5.41, 5.74) is 0. The van der Waals surface area contributed by atoms with Crippen molar-refractivity contribution >= 4 is 11.6 Å². The predicted octanol–water partition coefficient (Wildman–Crippen LogP) is 1.85. The second kappa shape index (κ2) is 7.70. The van der Waals surface area contributed by atoms with Crippen LogP contribution in [0.15, 0.2) is 24.3 Å². The Bertz CT molecular complexity index is 383. The number of hydrogen-bond acceptors (Lipinski definition) is 4. The maximum atomic E-state index is 9.85. The van der Waals surface area contributed by atoms with Gasteiger partial charge in [-0.25, -0.2) is 0 Å². The fraction of sp³-hybridized carbons (Fsp3) is 0.571. The highest BCUT2D eigenvalue weighted by atomic mass is 35.5. The van der Waals surface area contributed by atoms with E-state index in [9.17, 15) is 5.11 Å². The minimum Gasteiger partial charge on any atom is -0.491 e. The topological polar surface area (TPSA) is 50.7 Å². The number of ether oxygens (including phenoxy) is 2. The van der Waals surface area contributed by atoms with E-state index in [1.54, 1.807) is 12.1 Å². The third-order valence-electron chi connectivity index (χ3n) is 3.04. The lowest BCUT2D eigenvalue weighted by molar-refractivity contribution is 0.0572. The van der Waals surface area contributed by atoms with Crippen molar-refractivity contribution < 1.29 is 14.6 Å². The van der Waals surface area contributed by atoms with Crippen LogP contribution in [0.3, 0.4) is 0 Å². The lowest BCUT2D eigenvalue weighted by Gasteiger charge is -2.24. The Morgan fingerprint density at radius 2 is 2.42 bits per heavy atom. The van der Waals surface area contributed by atoms with Gasteiger partial charge in [0, 0.05) is 24.2 Å². The van der Waals surface area contributed by atoms with E-state index >= 15 is 0 Å². The average molecular weight is 286 g/mol. The number of aliphatic hydroxyl groups is 1. The number of nitrogens with one attached hydrogen (secondary N) is 1. The van der Waals surface area contributed by atoms with Gasteiger partial charge >= 0.3 is 0 Å². The zero-order valence-corrected chi connectivity index (χ0v) is 11.6. The van der Waals surface area contributed by atoms with E-state index in [1.165, 1.54) is 0 Å². The molecule has 19 heavy (non-hydrogen) atoms. The number of rotatable bonds is 6. The second-order valence-corrected chi connectivity index (χ2v) is 5.18. The van der Waals surface area contributed by atoms with E-state index in [1.807, 2.05) is 12.1 Å². The molecule has 1 aromatic carbocycles. The molecule has 2 atom stereocenters. The lowest BCUT2D eigenvalue weighted by Crippen LogP contribution is -2.42. The molecule has 1 fully saturated rings. The monoisotopic (exact) mass is 285 g/mol. The normalized spacial score (nSPS) is 21.1. The van der Waals surface area contributed by atoms with Gasteiger partial charge in [-0.1, -0.05) is 17.7 Å². The van der Waals surface area contributed by atoms with E-state index < -0.39 is 6.10 Å². The minimum atomic E-state index is -0.541. The summed E-state index contributed by atoms with van der Waals surface area (Å²) >= 11 is 5.85. The first-order chi connectivity index (χ1) is 9.24. The van der Waals surface area contributed by atoms with Crippen LogP contribution in [0.5, 0.6) is 5.75 Å². The maximum absolute atomic E-state index is 9.85. The van der Waals surface area contributed by atoms with Gasteiger partial charge in [0.25, 0.3) is 0 Å². The van der Waals surface area contributed by atoms with Gasteiger partial charge in [0.2, 0.25) is 0 Å². The third-order valence-corrected chi connectivity index (χ3v) is 3.28. The Hall–Kier alpha value is -0.810. The molecular weight excluding hydrogens is 266 g/mol. The van der Waals surface area contributed by atoms with E-state index in [0.717, 1.165) is 26.1 Å². The molecule has 0 bridgehead atoms. The van der Waals surface area contributed by atoms with Gasteiger partial charge < -0.3 is 19.9 Å². The molecular formula is C14H20ClNO3. The first-order valence-electron chi connectivity index (χ1n) is 6.61. The molecule has 1 aromatic rings. The molecule has 2 rings (SSSR count). The van der Waals surface area contributed by atoms with Crippen molar-refractivity contribution in [1.29, 1.82) is 0 Å². The molecule has 1 saturated heterocycles. The second-order valence-electron chi connectivity index (χ2n) is 4.74. The standard InChI is InChI=1S/C14H20ClNO3/c15-11-3-1-5-14(7-11)19-10-13(17)8-16-12-4-2-6-18-9-12/h1,3,5,7,12-13,16-17H,2,4,6,8-10H2. The summed E-state index contributed by atoms with van der Waals surface area (Å²) in [7, 11) is 0. The summed E-state index contributed by atoms with van der Waals surface area (Å²) < 4.78 is 10.8. The van der Waals surface area contributed by atoms with Gasteiger partial charge in [0.15, 0.2) is 0 Å². The molecule has 0 aliphatic carbocycles. The highest BCUT2D eigenvalue weighted by Gasteiger charge is 2.14. The maximum Gasteiger partial charge on any atom is 0.120 e. The van der Waals surface area contributed by atoms with E-state index in [0.29, 0.717) is 23.4 Å². The van der Waals surface area contributed by atoms with Crippen molar-refractivity contribution in [3.63, 3.8) is 0 Å². The Labute approximate surface area is 118 Å².